The Bertz CT molecular complexity index is 888. The van der Waals surface area contributed by atoms with Crippen LogP contribution < -0.4 is 4.74 Å². The maximum absolute atomic E-state index is 11.9. The van der Waals surface area contributed by atoms with E-state index in [0.717, 1.165) is 16.5 Å². The molecule has 2 aromatic carbocycles. The van der Waals surface area contributed by atoms with Crippen LogP contribution in [0.1, 0.15) is 25.8 Å². The van der Waals surface area contributed by atoms with Crippen LogP contribution in [0.3, 0.4) is 0 Å². The van der Waals surface area contributed by atoms with Crippen molar-refractivity contribution in [1.29, 1.82) is 0 Å². The van der Waals surface area contributed by atoms with Crippen molar-refractivity contribution in [3.63, 3.8) is 0 Å². The molecule has 4 heteroatoms. The fourth-order valence-corrected chi connectivity index (χ4v) is 2.87. The van der Waals surface area contributed by atoms with Gasteiger partial charge in [-0.2, -0.15) is 0 Å². The SMILES string of the molecule is CC(C)CC(=O)Cc1ccc(Oc2ccc3cc(Cl)ccc3n2)cc1. The summed E-state index contributed by atoms with van der Waals surface area (Å²) in [4.78, 5) is 16.4. The topological polar surface area (TPSA) is 39.2 Å². The van der Waals surface area contributed by atoms with Crippen LogP contribution in [-0.4, -0.2) is 10.8 Å². The number of ether oxygens (including phenoxy) is 1. The second kappa shape index (κ2) is 7.66. The number of pyridine rings is 1. The van der Waals surface area contributed by atoms with Gasteiger partial charge < -0.3 is 4.74 Å². The molecule has 0 aliphatic rings. The molecule has 1 heterocycles. The molecule has 0 saturated carbocycles. The molecule has 25 heavy (non-hydrogen) atoms. The Hall–Kier alpha value is -2.39. The lowest BCUT2D eigenvalue weighted by molar-refractivity contribution is -0.119. The summed E-state index contributed by atoms with van der Waals surface area (Å²) in [5, 5.41) is 1.66. The smallest absolute Gasteiger partial charge is 0.219 e. The quantitative estimate of drug-likeness (QED) is 0.559. The van der Waals surface area contributed by atoms with E-state index in [1.54, 1.807) is 0 Å². The maximum atomic E-state index is 11.9. The molecule has 3 nitrogen and oxygen atoms in total. The number of rotatable bonds is 6. The minimum absolute atomic E-state index is 0.263. The highest BCUT2D eigenvalue weighted by Crippen LogP contribution is 2.24. The van der Waals surface area contributed by atoms with E-state index >= 15 is 0 Å². The van der Waals surface area contributed by atoms with Crippen molar-refractivity contribution >= 4 is 28.3 Å². The van der Waals surface area contributed by atoms with Crippen LogP contribution in [0.15, 0.2) is 54.6 Å². The van der Waals surface area contributed by atoms with Gasteiger partial charge in [0.15, 0.2) is 0 Å². The lowest BCUT2D eigenvalue weighted by Crippen LogP contribution is -2.06. The second-order valence-electron chi connectivity index (χ2n) is 6.55. The fraction of sp³-hybridized carbons (Fsp3) is 0.238. The number of carbonyl (C=O) groups is 1. The lowest BCUT2D eigenvalue weighted by atomic mass is 10.0. The van der Waals surface area contributed by atoms with E-state index in [9.17, 15) is 4.79 Å². The first-order valence-corrected chi connectivity index (χ1v) is 8.72. The molecule has 0 aliphatic carbocycles. The van der Waals surface area contributed by atoms with E-state index in [1.807, 2.05) is 54.6 Å². The number of halogens is 1. The molecule has 0 amide bonds. The van der Waals surface area contributed by atoms with Crippen LogP contribution in [0.25, 0.3) is 10.9 Å². The van der Waals surface area contributed by atoms with Crippen molar-refractivity contribution in [3.8, 4) is 11.6 Å². The van der Waals surface area contributed by atoms with Gasteiger partial charge in [-0.25, -0.2) is 4.98 Å². The number of carbonyl (C=O) groups excluding carboxylic acids is 1. The lowest BCUT2D eigenvalue weighted by Gasteiger charge is -2.08. The fourth-order valence-electron chi connectivity index (χ4n) is 2.69. The van der Waals surface area contributed by atoms with Crippen LogP contribution in [-0.2, 0) is 11.2 Å². The van der Waals surface area contributed by atoms with Crippen LogP contribution in [0.5, 0.6) is 11.6 Å². The van der Waals surface area contributed by atoms with Gasteiger partial charge in [0.05, 0.1) is 5.52 Å². The first-order chi connectivity index (χ1) is 12.0. The predicted molar refractivity (Wildman–Crippen MR) is 101 cm³/mol. The molecule has 3 aromatic rings. The number of nitrogens with zero attached hydrogens (tertiary/aromatic N) is 1. The summed E-state index contributed by atoms with van der Waals surface area (Å²) in [6.45, 7) is 4.11. The Morgan fingerprint density at radius 2 is 1.84 bits per heavy atom. The van der Waals surface area contributed by atoms with E-state index in [4.69, 9.17) is 16.3 Å². The highest BCUT2D eigenvalue weighted by Gasteiger charge is 2.07. The summed E-state index contributed by atoms with van der Waals surface area (Å²) in [5.74, 6) is 1.88. The largest absolute Gasteiger partial charge is 0.439 e. The van der Waals surface area contributed by atoms with Crippen molar-refractivity contribution in [3.05, 3.63) is 65.2 Å². The van der Waals surface area contributed by atoms with Crippen molar-refractivity contribution < 1.29 is 9.53 Å². The molecule has 0 radical (unpaired) electrons. The minimum Gasteiger partial charge on any atom is -0.439 e. The summed E-state index contributed by atoms with van der Waals surface area (Å²) in [6.07, 6.45) is 1.08. The van der Waals surface area contributed by atoms with Crippen LogP contribution >= 0.6 is 11.6 Å². The molecule has 128 valence electrons. The van der Waals surface area contributed by atoms with Crippen molar-refractivity contribution in [2.75, 3.05) is 0 Å². The summed E-state index contributed by atoms with van der Waals surface area (Å²) in [5.41, 5.74) is 1.83. The van der Waals surface area contributed by atoms with Crippen molar-refractivity contribution in [2.45, 2.75) is 26.7 Å². The second-order valence-corrected chi connectivity index (χ2v) is 6.98. The first kappa shape index (κ1) is 17.4. The predicted octanol–water partition coefficient (Wildman–Crippen LogP) is 5.84. The summed E-state index contributed by atoms with van der Waals surface area (Å²) in [6, 6.07) is 16.9. The summed E-state index contributed by atoms with van der Waals surface area (Å²) >= 11 is 5.98. The Morgan fingerprint density at radius 3 is 2.56 bits per heavy atom. The van der Waals surface area contributed by atoms with Gasteiger partial charge in [-0.3, -0.25) is 4.79 Å². The Labute approximate surface area is 152 Å². The van der Waals surface area contributed by atoms with Gasteiger partial charge in [0.1, 0.15) is 11.5 Å². The molecule has 3 rings (SSSR count). The highest BCUT2D eigenvalue weighted by molar-refractivity contribution is 6.31. The van der Waals surface area contributed by atoms with E-state index in [1.165, 1.54) is 0 Å². The molecular formula is C21H20ClNO2. The maximum Gasteiger partial charge on any atom is 0.219 e. The van der Waals surface area contributed by atoms with Gasteiger partial charge in [-0.15, -0.1) is 0 Å². The van der Waals surface area contributed by atoms with Gasteiger partial charge >= 0.3 is 0 Å². The Balaban J connectivity index is 1.69. The number of fused-ring (bicyclic) bond motifs is 1. The molecule has 0 N–H and O–H groups in total. The zero-order chi connectivity index (χ0) is 17.8. The number of ketones is 1. The number of Topliss-reactive ketones (excluding diaryl/α,β-unsaturated/α-hetero) is 1. The molecule has 1 aromatic heterocycles. The van der Waals surface area contributed by atoms with E-state index in [2.05, 4.69) is 18.8 Å². The summed E-state index contributed by atoms with van der Waals surface area (Å²) in [7, 11) is 0. The normalized spacial score (nSPS) is 11.0. The molecule has 0 unspecified atom stereocenters. The van der Waals surface area contributed by atoms with E-state index < -0.39 is 0 Å². The van der Waals surface area contributed by atoms with Gasteiger partial charge in [0.25, 0.3) is 0 Å². The van der Waals surface area contributed by atoms with Gasteiger partial charge in [-0.05, 0) is 47.9 Å². The standard InChI is InChI=1S/C21H20ClNO2/c1-14(2)11-18(24)12-15-3-7-19(8-4-15)25-21-10-5-16-13-17(22)6-9-20(16)23-21/h3-10,13-14H,11-12H2,1-2H3. The molecule has 0 saturated heterocycles. The Kier molecular flexibility index (Phi) is 5.34. The zero-order valence-corrected chi connectivity index (χ0v) is 15.1. The molecule has 0 spiro atoms. The highest BCUT2D eigenvalue weighted by atomic mass is 35.5. The number of benzene rings is 2. The van der Waals surface area contributed by atoms with Crippen LogP contribution in [0.4, 0.5) is 0 Å². The van der Waals surface area contributed by atoms with Gasteiger partial charge in [0.2, 0.25) is 5.88 Å². The van der Waals surface area contributed by atoms with E-state index in [0.29, 0.717) is 35.4 Å². The average Bonchev–Trinajstić information content (AvgIpc) is 2.56. The number of aromatic nitrogens is 1. The van der Waals surface area contributed by atoms with Crippen molar-refractivity contribution in [1.82, 2.24) is 4.98 Å². The van der Waals surface area contributed by atoms with Crippen LogP contribution in [0, 0.1) is 5.92 Å². The monoisotopic (exact) mass is 353 g/mol. The first-order valence-electron chi connectivity index (χ1n) is 8.34. The molecule has 0 fully saturated rings. The van der Waals surface area contributed by atoms with Gasteiger partial charge in [0, 0.05) is 29.3 Å². The summed E-state index contributed by atoms with van der Waals surface area (Å²) < 4.78 is 5.81. The Morgan fingerprint density at radius 1 is 1.08 bits per heavy atom. The minimum atomic E-state index is 0.263. The molecule has 0 aliphatic heterocycles. The molecular weight excluding hydrogens is 334 g/mol. The third-order valence-electron chi connectivity index (χ3n) is 3.81. The van der Waals surface area contributed by atoms with Crippen molar-refractivity contribution in [2.24, 2.45) is 5.92 Å². The zero-order valence-electron chi connectivity index (χ0n) is 14.3. The third-order valence-corrected chi connectivity index (χ3v) is 4.04. The number of hydrogen-bond donors (Lipinski definition) is 0. The number of hydrogen-bond acceptors (Lipinski definition) is 3. The van der Waals surface area contributed by atoms with E-state index in [-0.39, 0.29) is 5.78 Å². The average molecular weight is 354 g/mol. The van der Waals surface area contributed by atoms with Crippen LogP contribution in [0.2, 0.25) is 5.02 Å². The molecule has 0 bridgehead atoms. The molecule has 0 atom stereocenters. The van der Waals surface area contributed by atoms with Gasteiger partial charge in [-0.1, -0.05) is 37.6 Å². The third kappa shape index (κ3) is 4.80.